The summed E-state index contributed by atoms with van der Waals surface area (Å²) >= 11 is 0. The fraction of sp³-hybridized carbons (Fsp3) is 0.538. The Labute approximate surface area is 102 Å². The third-order valence-corrected chi connectivity index (χ3v) is 3.36. The Hall–Kier alpha value is -1.42. The van der Waals surface area contributed by atoms with Gasteiger partial charge in [0.05, 0.1) is 5.54 Å². The SMILES string of the molecule is Cc1ccnc(NC(=O)C2(N)CCCCC2)c1. The molecular weight excluding hydrogens is 214 g/mol. The van der Waals surface area contributed by atoms with Crippen molar-refractivity contribution in [2.24, 2.45) is 5.73 Å². The summed E-state index contributed by atoms with van der Waals surface area (Å²) in [6.07, 6.45) is 6.47. The van der Waals surface area contributed by atoms with Gasteiger partial charge in [-0.2, -0.15) is 0 Å². The molecular formula is C13H19N3O. The van der Waals surface area contributed by atoms with Crippen LogP contribution in [0.15, 0.2) is 18.3 Å². The van der Waals surface area contributed by atoms with E-state index < -0.39 is 5.54 Å². The van der Waals surface area contributed by atoms with Gasteiger partial charge in [0.25, 0.3) is 0 Å². The summed E-state index contributed by atoms with van der Waals surface area (Å²) in [6.45, 7) is 1.97. The first-order chi connectivity index (χ1) is 8.10. The Bertz CT molecular complexity index is 411. The highest BCUT2D eigenvalue weighted by Gasteiger charge is 2.35. The zero-order valence-corrected chi connectivity index (χ0v) is 10.2. The van der Waals surface area contributed by atoms with E-state index in [1.807, 2.05) is 19.1 Å². The first-order valence-electron chi connectivity index (χ1n) is 6.13. The first-order valence-corrected chi connectivity index (χ1v) is 6.13. The van der Waals surface area contributed by atoms with Crippen LogP contribution in [0.1, 0.15) is 37.7 Å². The number of hydrogen-bond donors (Lipinski definition) is 2. The molecule has 0 aliphatic heterocycles. The maximum Gasteiger partial charge on any atom is 0.245 e. The number of carbonyl (C=O) groups excluding carboxylic acids is 1. The highest BCUT2D eigenvalue weighted by molar-refractivity contribution is 5.97. The number of anilines is 1. The van der Waals surface area contributed by atoms with Crippen LogP contribution in [0.4, 0.5) is 5.82 Å². The number of aromatic nitrogens is 1. The van der Waals surface area contributed by atoms with Crippen LogP contribution < -0.4 is 11.1 Å². The Morgan fingerprint density at radius 1 is 1.41 bits per heavy atom. The van der Waals surface area contributed by atoms with Gasteiger partial charge in [-0.3, -0.25) is 4.79 Å². The molecule has 0 bridgehead atoms. The predicted molar refractivity (Wildman–Crippen MR) is 67.6 cm³/mol. The topological polar surface area (TPSA) is 68.0 Å². The van der Waals surface area contributed by atoms with Gasteiger partial charge in [0.15, 0.2) is 0 Å². The number of hydrogen-bond acceptors (Lipinski definition) is 3. The molecule has 1 aromatic heterocycles. The number of pyridine rings is 1. The average Bonchev–Trinajstić information content (AvgIpc) is 2.30. The molecule has 2 rings (SSSR count). The summed E-state index contributed by atoms with van der Waals surface area (Å²) in [4.78, 5) is 16.2. The molecule has 3 N–H and O–H groups in total. The summed E-state index contributed by atoms with van der Waals surface area (Å²) < 4.78 is 0. The molecule has 17 heavy (non-hydrogen) atoms. The highest BCUT2D eigenvalue weighted by Crippen LogP contribution is 2.26. The lowest BCUT2D eigenvalue weighted by atomic mass is 9.82. The molecule has 92 valence electrons. The molecule has 4 nitrogen and oxygen atoms in total. The molecule has 1 amide bonds. The van der Waals surface area contributed by atoms with Crippen molar-refractivity contribution in [3.63, 3.8) is 0 Å². The minimum Gasteiger partial charge on any atom is -0.317 e. The lowest BCUT2D eigenvalue weighted by Gasteiger charge is -2.31. The lowest BCUT2D eigenvalue weighted by Crippen LogP contribution is -2.52. The van der Waals surface area contributed by atoms with E-state index in [0.29, 0.717) is 5.82 Å². The molecule has 0 unspecified atom stereocenters. The van der Waals surface area contributed by atoms with Crippen LogP contribution in [0.2, 0.25) is 0 Å². The number of amides is 1. The van der Waals surface area contributed by atoms with Crippen LogP contribution in [0.5, 0.6) is 0 Å². The van der Waals surface area contributed by atoms with Crippen molar-refractivity contribution in [3.8, 4) is 0 Å². The minimum atomic E-state index is -0.705. The Balaban J connectivity index is 2.05. The fourth-order valence-electron chi connectivity index (χ4n) is 2.26. The number of rotatable bonds is 2. The molecule has 1 aliphatic rings. The first kappa shape index (κ1) is 12.0. The highest BCUT2D eigenvalue weighted by atomic mass is 16.2. The molecule has 0 aromatic carbocycles. The van der Waals surface area contributed by atoms with Gasteiger partial charge in [-0.05, 0) is 37.5 Å². The number of aryl methyl sites for hydroxylation is 1. The van der Waals surface area contributed by atoms with Gasteiger partial charge in [-0.25, -0.2) is 4.98 Å². The third kappa shape index (κ3) is 2.82. The van der Waals surface area contributed by atoms with Gasteiger partial charge in [-0.1, -0.05) is 19.3 Å². The monoisotopic (exact) mass is 233 g/mol. The molecule has 0 atom stereocenters. The van der Waals surface area contributed by atoms with Crippen LogP contribution in [-0.4, -0.2) is 16.4 Å². The van der Waals surface area contributed by atoms with Crippen LogP contribution >= 0.6 is 0 Å². The second-order valence-electron chi connectivity index (χ2n) is 4.89. The molecule has 1 heterocycles. The van der Waals surface area contributed by atoms with Crippen molar-refractivity contribution >= 4 is 11.7 Å². The van der Waals surface area contributed by atoms with Crippen molar-refractivity contribution in [1.29, 1.82) is 0 Å². The van der Waals surface area contributed by atoms with E-state index in [-0.39, 0.29) is 5.91 Å². The maximum absolute atomic E-state index is 12.1. The summed E-state index contributed by atoms with van der Waals surface area (Å²) in [5.74, 6) is 0.487. The molecule has 4 heteroatoms. The Kier molecular flexibility index (Phi) is 3.43. The largest absolute Gasteiger partial charge is 0.317 e. The number of carbonyl (C=O) groups is 1. The van der Waals surface area contributed by atoms with E-state index in [1.54, 1.807) is 6.20 Å². The molecule has 1 aromatic rings. The van der Waals surface area contributed by atoms with Crippen LogP contribution in [0, 0.1) is 6.92 Å². The lowest BCUT2D eigenvalue weighted by molar-refractivity contribution is -0.122. The second kappa shape index (κ2) is 4.84. The van der Waals surface area contributed by atoms with E-state index in [4.69, 9.17) is 5.73 Å². The summed E-state index contributed by atoms with van der Waals surface area (Å²) in [7, 11) is 0. The van der Waals surface area contributed by atoms with Gasteiger partial charge < -0.3 is 11.1 Å². The van der Waals surface area contributed by atoms with Gasteiger partial charge in [0.1, 0.15) is 5.82 Å². The smallest absolute Gasteiger partial charge is 0.245 e. The van der Waals surface area contributed by atoms with Gasteiger partial charge in [0.2, 0.25) is 5.91 Å². The number of nitrogens with zero attached hydrogens (tertiary/aromatic N) is 1. The van der Waals surface area contributed by atoms with Gasteiger partial charge in [0, 0.05) is 6.20 Å². The maximum atomic E-state index is 12.1. The molecule has 0 radical (unpaired) electrons. The minimum absolute atomic E-state index is 0.102. The van der Waals surface area contributed by atoms with Crippen molar-refractivity contribution in [1.82, 2.24) is 4.98 Å². The molecule has 1 fully saturated rings. The van der Waals surface area contributed by atoms with Gasteiger partial charge in [-0.15, -0.1) is 0 Å². The third-order valence-electron chi connectivity index (χ3n) is 3.36. The van der Waals surface area contributed by atoms with Crippen molar-refractivity contribution in [2.75, 3.05) is 5.32 Å². The zero-order chi connectivity index (χ0) is 12.3. The Morgan fingerprint density at radius 2 is 2.12 bits per heavy atom. The van der Waals surface area contributed by atoms with Crippen LogP contribution in [0.25, 0.3) is 0 Å². The van der Waals surface area contributed by atoms with E-state index in [1.165, 1.54) is 6.42 Å². The summed E-state index contributed by atoms with van der Waals surface area (Å²) in [6, 6.07) is 3.75. The number of nitrogens with one attached hydrogen (secondary N) is 1. The average molecular weight is 233 g/mol. The zero-order valence-electron chi connectivity index (χ0n) is 10.2. The second-order valence-corrected chi connectivity index (χ2v) is 4.89. The summed E-state index contributed by atoms with van der Waals surface area (Å²) in [5.41, 5.74) is 6.52. The van der Waals surface area contributed by atoms with E-state index >= 15 is 0 Å². The predicted octanol–water partition coefficient (Wildman–Crippen LogP) is 1.99. The van der Waals surface area contributed by atoms with Gasteiger partial charge >= 0.3 is 0 Å². The Morgan fingerprint density at radius 3 is 2.76 bits per heavy atom. The molecule has 1 aliphatic carbocycles. The van der Waals surface area contributed by atoms with Crippen LogP contribution in [0.3, 0.4) is 0 Å². The molecule has 0 saturated heterocycles. The molecule has 0 spiro atoms. The van der Waals surface area contributed by atoms with Crippen molar-refractivity contribution < 1.29 is 4.79 Å². The number of nitrogens with two attached hydrogens (primary N) is 1. The fourth-order valence-corrected chi connectivity index (χ4v) is 2.26. The van der Waals surface area contributed by atoms with Crippen molar-refractivity contribution in [2.45, 2.75) is 44.6 Å². The van der Waals surface area contributed by atoms with Crippen LogP contribution in [-0.2, 0) is 4.79 Å². The quantitative estimate of drug-likeness (QED) is 0.820. The van der Waals surface area contributed by atoms with Crippen molar-refractivity contribution in [3.05, 3.63) is 23.9 Å². The standard InChI is InChI=1S/C13H19N3O/c1-10-5-8-15-11(9-10)16-12(17)13(14)6-3-2-4-7-13/h5,8-9H,2-4,6-7,14H2,1H3,(H,15,16,17). The molecule has 1 saturated carbocycles. The van der Waals surface area contributed by atoms with E-state index in [0.717, 1.165) is 31.2 Å². The normalized spacial score (nSPS) is 18.7. The summed E-state index contributed by atoms with van der Waals surface area (Å²) in [5, 5.41) is 2.82. The van der Waals surface area contributed by atoms with E-state index in [9.17, 15) is 4.79 Å². The van der Waals surface area contributed by atoms with E-state index in [2.05, 4.69) is 10.3 Å².